The Morgan fingerprint density at radius 1 is 0.225 bits per heavy atom. The molecule has 0 saturated carbocycles. The van der Waals surface area contributed by atoms with E-state index in [1.807, 2.05) is 0 Å². The summed E-state index contributed by atoms with van der Waals surface area (Å²) in [5.74, 6) is -1.37. The number of phenols is 4. The molecule has 33 nitrogen and oxygen atoms in total. The van der Waals surface area contributed by atoms with E-state index in [0.29, 0.717) is 36.8 Å². The summed E-state index contributed by atoms with van der Waals surface area (Å²) >= 11 is 0. The third kappa shape index (κ3) is 20.4. The van der Waals surface area contributed by atoms with Crippen molar-refractivity contribution in [3.8, 4) is 23.0 Å². The predicted octanol–water partition coefficient (Wildman–Crippen LogP) is 20.6. The molecule has 0 aromatic heterocycles. The summed E-state index contributed by atoms with van der Waals surface area (Å²) in [5, 5.41) is 167. The Hall–Kier alpha value is -12.8. The zero-order valence-corrected chi connectivity index (χ0v) is 54.7. The molecule has 0 aliphatic heterocycles. The van der Waals surface area contributed by atoms with Crippen LogP contribution in [0.15, 0.2) is 168 Å². The fourth-order valence-corrected chi connectivity index (χ4v) is 11.8. The van der Waals surface area contributed by atoms with Crippen molar-refractivity contribution in [3.05, 3.63) is 243 Å². The van der Waals surface area contributed by atoms with Crippen molar-refractivity contribution in [2.45, 2.75) is 135 Å². The molecule has 8 aromatic rings. The van der Waals surface area contributed by atoms with E-state index in [4.69, 9.17) is 0 Å². The Kier molecular flexibility index (Phi) is 24.9. The first-order valence-electron chi connectivity index (χ1n) is 32.6. The Balaban J connectivity index is 1.22. The molecule has 526 valence electrons. The van der Waals surface area contributed by atoms with E-state index in [0.717, 1.165) is 144 Å². The molecule has 8 bridgehead atoms. The summed E-state index contributed by atoms with van der Waals surface area (Å²) < 4.78 is 0. The topological polar surface area (TPSA) is 482 Å². The molecule has 1 aliphatic carbocycles. The molecule has 0 saturated heterocycles. The van der Waals surface area contributed by atoms with Gasteiger partial charge in [0.15, 0.2) is 0 Å². The SMILES string of the molecule is O=[N+]([O-])c1cccc(N=Nc2cc3c(O)c(c2)Cc2cc(N=Nc4cc([N+](=O)[O-])cc([N+](=O)[O-])c4)cc(c2O)Cc2cc(N=Nc4cc([N+](=O)[O-])cc([N+](=O)[O-])c4)cc(c2O)Cc2cc(N=Nc4cc([N+](=O)[O-])cc([N+](=O)[O-])c4)cc(c2O)CCCCCCCCCCCCCCCCCC3)c1. The molecule has 0 fully saturated rings. The Morgan fingerprint density at radius 3 is 0.647 bits per heavy atom. The molecule has 1 aliphatic rings. The predicted molar refractivity (Wildman–Crippen MR) is 371 cm³/mol. The van der Waals surface area contributed by atoms with Gasteiger partial charge in [-0.2, -0.15) is 40.9 Å². The van der Waals surface area contributed by atoms with Gasteiger partial charge in [0.2, 0.25) is 0 Å². The number of aromatic hydroxyl groups is 4. The number of nitro benzene ring substituents is 7. The van der Waals surface area contributed by atoms with Crippen LogP contribution in [0, 0.1) is 70.8 Å². The second kappa shape index (κ2) is 34.6. The maximum atomic E-state index is 12.6. The van der Waals surface area contributed by atoms with Gasteiger partial charge < -0.3 is 20.4 Å². The van der Waals surface area contributed by atoms with Gasteiger partial charge in [0, 0.05) is 101 Å². The monoisotopic (exact) mass is 1390 g/mol. The van der Waals surface area contributed by atoms with Gasteiger partial charge >= 0.3 is 0 Å². The fourth-order valence-electron chi connectivity index (χ4n) is 11.8. The number of benzene rings is 8. The van der Waals surface area contributed by atoms with Crippen LogP contribution in [0.25, 0.3) is 0 Å². The number of non-ortho nitro benzene ring substituents is 7. The van der Waals surface area contributed by atoms with Gasteiger partial charge in [-0.05, 0) is 91.4 Å². The van der Waals surface area contributed by atoms with Crippen molar-refractivity contribution in [1.29, 1.82) is 0 Å². The molecule has 4 N–H and O–H groups in total. The molecule has 9 rings (SSSR count). The van der Waals surface area contributed by atoms with Crippen molar-refractivity contribution < 1.29 is 54.9 Å². The standard InChI is InChI=1S/C69H67N15O18/c85-66-43-18-15-13-11-9-7-5-3-1-2-4-6-8-10-12-14-16-19-44-26-53(72-75-56-34-60(79(91)92)40-61(35-56)80(93)94)28-46(67(44)86)23-48-30-55(74-77-58-38-64(83(99)100)42-65(39-58)84(101)102)32-50(69(48)88)24-49-31-54(73-76-57-36-62(81(95)96)41-63(37-57)82(97)98)29-47(68(49)87)22-45(66)27-52(25-43)71-70-51-20-17-21-59(33-51)78(89)90/h17,20-21,25-42,85-88H,1-16,18-19,22-24H2. The van der Waals surface area contributed by atoms with E-state index in [-0.39, 0.29) is 109 Å². The molecular weight excluding hydrogens is 1330 g/mol. The number of hydrogen-bond acceptors (Lipinski definition) is 26. The smallest absolute Gasteiger partial charge is 0.278 e. The normalized spacial score (nSPS) is 14.2. The van der Waals surface area contributed by atoms with Crippen molar-refractivity contribution >= 4 is 85.3 Å². The molecule has 102 heavy (non-hydrogen) atoms. The van der Waals surface area contributed by atoms with Gasteiger partial charge in [0.1, 0.15) is 23.0 Å². The maximum Gasteiger partial charge on any atom is 0.278 e. The number of aryl methyl sites for hydroxylation is 2. The quantitative estimate of drug-likeness (QED) is 0.0421. The van der Waals surface area contributed by atoms with E-state index in [1.165, 1.54) is 66.7 Å². The van der Waals surface area contributed by atoms with Crippen LogP contribution >= 0.6 is 0 Å². The van der Waals surface area contributed by atoms with Crippen LogP contribution in [-0.2, 0) is 32.1 Å². The molecule has 8 aromatic carbocycles. The molecule has 0 spiro atoms. The van der Waals surface area contributed by atoms with Gasteiger partial charge in [-0.3, -0.25) is 70.8 Å². The highest BCUT2D eigenvalue weighted by Crippen LogP contribution is 2.43. The van der Waals surface area contributed by atoms with E-state index in [9.17, 15) is 91.2 Å². The van der Waals surface area contributed by atoms with Gasteiger partial charge in [-0.1, -0.05) is 96.0 Å². The van der Waals surface area contributed by atoms with Crippen LogP contribution in [-0.4, -0.2) is 54.9 Å². The number of rotatable bonds is 15. The summed E-state index contributed by atoms with van der Waals surface area (Å²) in [6.45, 7) is 0. The van der Waals surface area contributed by atoms with Crippen molar-refractivity contribution in [2.24, 2.45) is 40.9 Å². The number of nitrogens with zero attached hydrogens (tertiary/aromatic N) is 15. The second-order valence-electron chi connectivity index (χ2n) is 24.4. The number of hydrogen-bond donors (Lipinski definition) is 4. The molecule has 0 radical (unpaired) electrons. The van der Waals surface area contributed by atoms with Gasteiger partial charge in [-0.25, -0.2) is 0 Å². The first-order chi connectivity index (χ1) is 48.9. The molecule has 0 amide bonds. The molecular formula is C69H67N15O18. The lowest BCUT2D eigenvalue weighted by molar-refractivity contribution is -0.394. The van der Waals surface area contributed by atoms with Gasteiger partial charge in [0.05, 0.1) is 98.2 Å². The Bertz CT molecular complexity index is 4580. The second-order valence-corrected chi connectivity index (χ2v) is 24.4. The Labute approximate surface area is 579 Å². The first kappa shape index (κ1) is 73.4. The summed E-state index contributed by atoms with van der Waals surface area (Å²) in [4.78, 5) is 77.4. The summed E-state index contributed by atoms with van der Waals surface area (Å²) in [7, 11) is 0. The fraction of sp³-hybridized carbons (Fsp3) is 0.304. The molecule has 33 heteroatoms. The van der Waals surface area contributed by atoms with Gasteiger partial charge in [0.25, 0.3) is 39.8 Å². The molecule has 0 heterocycles. The summed E-state index contributed by atoms with van der Waals surface area (Å²) in [6.07, 6.45) is 15.0. The zero-order chi connectivity index (χ0) is 73.0. The van der Waals surface area contributed by atoms with E-state index in [1.54, 1.807) is 6.07 Å². The largest absolute Gasteiger partial charge is 0.507 e. The summed E-state index contributed by atoms with van der Waals surface area (Å²) in [5.41, 5.74) is -3.91. The lowest BCUT2D eigenvalue weighted by Crippen LogP contribution is -1.99. The van der Waals surface area contributed by atoms with Crippen molar-refractivity contribution in [3.63, 3.8) is 0 Å². The van der Waals surface area contributed by atoms with Crippen LogP contribution in [0.1, 0.15) is 147 Å². The highest BCUT2D eigenvalue weighted by Gasteiger charge is 2.24. The number of fused-ring (bicyclic) bond motifs is 8. The summed E-state index contributed by atoms with van der Waals surface area (Å²) in [6, 6.07) is 24.7. The maximum absolute atomic E-state index is 12.6. The minimum Gasteiger partial charge on any atom is -0.507 e. The van der Waals surface area contributed by atoms with Crippen molar-refractivity contribution in [1.82, 2.24) is 0 Å². The molecule has 0 atom stereocenters. The number of nitro groups is 7. The lowest BCUT2D eigenvalue weighted by Gasteiger charge is -2.17. The number of phenolic OH excluding ortho intramolecular Hbond substituents is 4. The van der Waals surface area contributed by atoms with Crippen molar-refractivity contribution in [2.75, 3.05) is 0 Å². The Morgan fingerprint density at radius 2 is 0.412 bits per heavy atom. The van der Waals surface area contributed by atoms with Crippen LogP contribution in [0.3, 0.4) is 0 Å². The van der Waals surface area contributed by atoms with Crippen LogP contribution < -0.4 is 0 Å². The zero-order valence-electron chi connectivity index (χ0n) is 54.7. The average molecular weight is 1390 g/mol. The molecule has 0 unspecified atom stereocenters. The minimum absolute atomic E-state index is 0.00547. The van der Waals surface area contributed by atoms with E-state index < -0.39 is 86.5 Å². The highest BCUT2D eigenvalue weighted by atomic mass is 16.7. The first-order valence-corrected chi connectivity index (χ1v) is 32.6. The van der Waals surface area contributed by atoms with Gasteiger partial charge in [-0.15, -0.1) is 0 Å². The van der Waals surface area contributed by atoms with Crippen LogP contribution in [0.5, 0.6) is 23.0 Å². The van der Waals surface area contributed by atoms with Crippen LogP contribution in [0.2, 0.25) is 0 Å². The third-order valence-corrected chi connectivity index (χ3v) is 16.9. The van der Waals surface area contributed by atoms with E-state index >= 15 is 0 Å². The van der Waals surface area contributed by atoms with Crippen LogP contribution in [0.4, 0.5) is 85.3 Å². The average Bonchev–Trinajstić information content (AvgIpc) is 0.793. The lowest BCUT2D eigenvalue weighted by atomic mass is 9.92. The number of azo groups is 4. The minimum atomic E-state index is -0.870. The highest BCUT2D eigenvalue weighted by molar-refractivity contribution is 5.64. The van der Waals surface area contributed by atoms with E-state index in [2.05, 4.69) is 40.9 Å². The third-order valence-electron chi connectivity index (χ3n) is 16.9.